The number of anilines is 1. The molecule has 0 amide bonds. The van der Waals surface area contributed by atoms with Gasteiger partial charge in [0, 0.05) is 11.9 Å². The second-order valence-corrected chi connectivity index (χ2v) is 5.73. The van der Waals surface area contributed by atoms with Crippen molar-refractivity contribution in [2.45, 2.75) is 31.1 Å². The molecule has 1 saturated carbocycles. The van der Waals surface area contributed by atoms with Crippen molar-refractivity contribution in [3.05, 3.63) is 24.3 Å². The number of para-hydroxylation sites is 2. The molecule has 0 aliphatic heterocycles. The minimum absolute atomic E-state index is 0.362. The van der Waals surface area contributed by atoms with E-state index in [1.54, 1.807) is 0 Å². The zero-order valence-electron chi connectivity index (χ0n) is 10.3. The molecule has 1 aromatic carbocycles. The molecular weight excluding hydrogens is 246 g/mol. The second-order valence-electron chi connectivity index (χ2n) is 5.11. The molecular formula is C14H18ClN3. The fourth-order valence-electron chi connectivity index (χ4n) is 2.69. The highest BCUT2D eigenvalue weighted by Crippen LogP contribution is 2.27. The van der Waals surface area contributed by atoms with E-state index in [0.29, 0.717) is 11.3 Å². The number of fused-ring (bicyclic) bond motifs is 1. The van der Waals surface area contributed by atoms with Crippen molar-refractivity contribution in [3.8, 4) is 0 Å². The summed E-state index contributed by atoms with van der Waals surface area (Å²) in [5.74, 6) is 1.54. The molecule has 96 valence electrons. The maximum atomic E-state index is 6.21. The predicted molar refractivity (Wildman–Crippen MR) is 76.2 cm³/mol. The van der Waals surface area contributed by atoms with E-state index in [1.165, 1.54) is 19.3 Å². The first-order valence-electron chi connectivity index (χ1n) is 6.64. The molecule has 4 heteroatoms. The number of nitrogens with one attached hydrogen (secondary N) is 2. The molecule has 3 nitrogen and oxygen atoms in total. The third kappa shape index (κ3) is 2.61. The summed E-state index contributed by atoms with van der Waals surface area (Å²) in [4.78, 5) is 7.81. The van der Waals surface area contributed by atoms with Crippen LogP contribution in [-0.2, 0) is 0 Å². The topological polar surface area (TPSA) is 40.7 Å². The molecule has 1 aliphatic carbocycles. The monoisotopic (exact) mass is 263 g/mol. The van der Waals surface area contributed by atoms with Gasteiger partial charge in [0.15, 0.2) is 0 Å². The van der Waals surface area contributed by atoms with Gasteiger partial charge in [-0.3, -0.25) is 0 Å². The largest absolute Gasteiger partial charge is 0.356 e. The van der Waals surface area contributed by atoms with E-state index in [1.807, 2.05) is 24.3 Å². The molecule has 0 saturated heterocycles. The Balaban J connectivity index is 1.62. The van der Waals surface area contributed by atoms with Gasteiger partial charge in [-0.15, -0.1) is 11.6 Å². The maximum Gasteiger partial charge on any atom is 0.201 e. The average molecular weight is 264 g/mol. The van der Waals surface area contributed by atoms with Crippen LogP contribution in [-0.4, -0.2) is 21.9 Å². The number of alkyl halides is 1. The number of halogens is 1. The first kappa shape index (κ1) is 11.8. The third-order valence-electron chi connectivity index (χ3n) is 3.67. The van der Waals surface area contributed by atoms with E-state index >= 15 is 0 Å². The molecule has 1 aromatic heterocycles. The van der Waals surface area contributed by atoms with E-state index in [9.17, 15) is 0 Å². The molecule has 1 heterocycles. The Hall–Kier alpha value is -1.22. The zero-order valence-corrected chi connectivity index (χ0v) is 11.1. The fraction of sp³-hybridized carbons (Fsp3) is 0.500. The highest BCUT2D eigenvalue weighted by atomic mass is 35.5. The molecule has 18 heavy (non-hydrogen) atoms. The van der Waals surface area contributed by atoms with E-state index in [4.69, 9.17) is 11.6 Å². The smallest absolute Gasteiger partial charge is 0.201 e. The van der Waals surface area contributed by atoms with Gasteiger partial charge < -0.3 is 10.3 Å². The molecule has 0 spiro atoms. The van der Waals surface area contributed by atoms with Crippen LogP contribution in [0.4, 0.5) is 5.95 Å². The summed E-state index contributed by atoms with van der Waals surface area (Å²) in [6.07, 6.45) is 4.81. The minimum Gasteiger partial charge on any atom is -0.356 e. The van der Waals surface area contributed by atoms with Crippen LogP contribution in [0.1, 0.15) is 25.7 Å². The number of nitrogens with zero attached hydrogens (tertiary/aromatic N) is 1. The van der Waals surface area contributed by atoms with Crippen LogP contribution in [0.25, 0.3) is 11.0 Å². The minimum atomic E-state index is 0.362. The second kappa shape index (κ2) is 5.19. The van der Waals surface area contributed by atoms with Crippen LogP contribution < -0.4 is 5.32 Å². The highest BCUT2D eigenvalue weighted by Gasteiger charge is 2.20. The van der Waals surface area contributed by atoms with Crippen LogP contribution in [0.15, 0.2) is 24.3 Å². The van der Waals surface area contributed by atoms with Crippen LogP contribution in [0, 0.1) is 5.92 Å². The maximum absolute atomic E-state index is 6.21. The van der Waals surface area contributed by atoms with Crippen LogP contribution in [0.5, 0.6) is 0 Å². The van der Waals surface area contributed by atoms with Crippen LogP contribution >= 0.6 is 11.6 Å². The third-order valence-corrected chi connectivity index (χ3v) is 4.06. The van der Waals surface area contributed by atoms with Gasteiger partial charge in [-0.2, -0.15) is 0 Å². The normalized spacial score (nSPS) is 24.3. The molecule has 2 N–H and O–H groups in total. The van der Waals surface area contributed by atoms with E-state index < -0.39 is 0 Å². The van der Waals surface area contributed by atoms with Gasteiger partial charge in [0.25, 0.3) is 0 Å². The summed E-state index contributed by atoms with van der Waals surface area (Å²) in [5.41, 5.74) is 2.10. The summed E-state index contributed by atoms with van der Waals surface area (Å²) >= 11 is 6.21. The standard InChI is InChI=1S/C14H18ClN3/c15-11-5-3-4-10(8-11)9-16-14-17-12-6-1-2-7-13(12)18-14/h1-2,6-7,10-11H,3-5,8-9H2,(H2,16,17,18). The highest BCUT2D eigenvalue weighted by molar-refractivity contribution is 6.20. The van der Waals surface area contributed by atoms with Gasteiger partial charge in [0.05, 0.1) is 11.0 Å². The first-order valence-corrected chi connectivity index (χ1v) is 7.07. The number of aromatic amines is 1. The Labute approximate surface area is 112 Å². The van der Waals surface area contributed by atoms with Gasteiger partial charge >= 0.3 is 0 Å². The molecule has 1 aliphatic rings. The lowest BCUT2D eigenvalue weighted by atomic mass is 9.89. The molecule has 2 atom stereocenters. The molecule has 3 rings (SSSR count). The lowest BCUT2D eigenvalue weighted by molar-refractivity contribution is 0.378. The molecule has 2 unspecified atom stereocenters. The van der Waals surface area contributed by atoms with Gasteiger partial charge in [-0.25, -0.2) is 4.98 Å². The van der Waals surface area contributed by atoms with Gasteiger partial charge in [-0.05, 0) is 37.3 Å². The lowest BCUT2D eigenvalue weighted by Crippen LogP contribution is -2.22. The molecule has 1 fully saturated rings. The van der Waals surface area contributed by atoms with Gasteiger partial charge in [0.1, 0.15) is 0 Å². The predicted octanol–water partition coefficient (Wildman–Crippen LogP) is 3.77. The van der Waals surface area contributed by atoms with Crippen LogP contribution in [0.3, 0.4) is 0 Å². The molecule has 2 aromatic rings. The van der Waals surface area contributed by atoms with Crippen molar-refractivity contribution < 1.29 is 0 Å². The Morgan fingerprint density at radius 1 is 1.33 bits per heavy atom. The number of imidazole rings is 1. The van der Waals surface area contributed by atoms with Crippen molar-refractivity contribution in [1.82, 2.24) is 9.97 Å². The number of hydrogen-bond donors (Lipinski definition) is 2. The van der Waals surface area contributed by atoms with Crippen LogP contribution in [0.2, 0.25) is 0 Å². The lowest BCUT2D eigenvalue weighted by Gasteiger charge is -2.25. The fourth-order valence-corrected chi connectivity index (χ4v) is 3.09. The van der Waals surface area contributed by atoms with Crippen molar-refractivity contribution in [2.24, 2.45) is 5.92 Å². The summed E-state index contributed by atoms with van der Waals surface area (Å²) in [7, 11) is 0. The number of benzene rings is 1. The Morgan fingerprint density at radius 3 is 3.06 bits per heavy atom. The SMILES string of the molecule is ClC1CCCC(CNc2nc3ccccc3[nH]2)C1. The number of rotatable bonds is 3. The van der Waals surface area contributed by atoms with E-state index in [0.717, 1.165) is 29.9 Å². The number of aromatic nitrogens is 2. The Morgan fingerprint density at radius 2 is 2.22 bits per heavy atom. The first-order chi connectivity index (χ1) is 8.81. The van der Waals surface area contributed by atoms with Crippen molar-refractivity contribution in [3.63, 3.8) is 0 Å². The summed E-state index contributed by atoms with van der Waals surface area (Å²) < 4.78 is 0. The van der Waals surface area contributed by atoms with Gasteiger partial charge in [0.2, 0.25) is 5.95 Å². The van der Waals surface area contributed by atoms with Crippen molar-refractivity contribution in [2.75, 3.05) is 11.9 Å². The van der Waals surface area contributed by atoms with Gasteiger partial charge in [-0.1, -0.05) is 18.6 Å². The Bertz CT molecular complexity index is 489. The number of hydrogen-bond acceptors (Lipinski definition) is 2. The summed E-state index contributed by atoms with van der Waals surface area (Å²) in [6, 6.07) is 8.09. The molecule has 0 bridgehead atoms. The summed E-state index contributed by atoms with van der Waals surface area (Å²) in [6.45, 7) is 0.961. The van der Waals surface area contributed by atoms with E-state index in [2.05, 4.69) is 15.3 Å². The van der Waals surface area contributed by atoms with Crippen molar-refractivity contribution >= 4 is 28.6 Å². The zero-order chi connectivity index (χ0) is 12.4. The Kier molecular flexibility index (Phi) is 3.41. The molecule has 0 radical (unpaired) electrons. The quantitative estimate of drug-likeness (QED) is 0.828. The van der Waals surface area contributed by atoms with Crippen molar-refractivity contribution in [1.29, 1.82) is 0 Å². The average Bonchev–Trinajstić information content (AvgIpc) is 2.79. The van der Waals surface area contributed by atoms with E-state index in [-0.39, 0.29) is 0 Å². The summed E-state index contributed by atoms with van der Waals surface area (Å²) in [5, 5.41) is 3.76. The number of H-pyrrole nitrogens is 1.